The first-order valence-corrected chi connectivity index (χ1v) is 17.3. The lowest BCUT2D eigenvalue weighted by Crippen LogP contribution is -2.57. The Hall–Kier alpha value is -2.78. The normalized spacial score (nSPS) is 26.9. The summed E-state index contributed by atoms with van der Waals surface area (Å²) in [6, 6.07) is 6.87. The van der Waals surface area contributed by atoms with Gasteiger partial charge in [0.2, 0.25) is 17.7 Å². The van der Waals surface area contributed by atoms with E-state index in [1.165, 1.54) is 0 Å². The lowest BCUT2D eigenvalue weighted by molar-refractivity contribution is -0.142. The minimum atomic E-state index is -0.658. The number of fused-ring (bicyclic) bond motifs is 1. The number of ether oxygens (including phenoxy) is 1. The first-order chi connectivity index (χ1) is 21.3. The van der Waals surface area contributed by atoms with Crippen LogP contribution in [0.15, 0.2) is 49.6 Å². The SMILES string of the molecule is C=CCN(CCCC)C(=O)C1N(CCCCCCO)C(=O)[C@@H]2[C@H](C(=O)N(CC=C)c3ccc(OCC)cc3)[C@@H]3CC(C)C12S3. The van der Waals surface area contributed by atoms with E-state index in [4.69, 9.17) is 4.74 Å². The molecule has 2 bridgehead atoms. The van der Waals surface area contributed by atoms with Crippen molar-refractivity contribution in [1.29, 1.82) is 0 Å². The third kappa shape index (κ3) is 6.45. The highest BCUT2D eigenvalue weighted by Crippen LogP contribution is 2.69. The molecule has 0 aliphatic carbocycles. The Bertz CT molecular complexity index is 1180. The topological polar surface area (TPSA) is 90.4 Å². The molecule has 3 heterocycles. The first-order valence-electron chi connectivity index (χ1n) is 16.4. The zero-order chi connectivity index (χ0) is 31.9. The molecule has 1 aromatic rings. The largest absolute Gasteiger partial charge is 0.494 e. The van der Waals surface area contributed by atoms with Crippen molar-refractivity contribution in [3.8, 4) is 5.75 Å². The predicted molar refractivity (Wildman–Crippen MR) is 178 cm³/mol. The summed E-state index contributed by atoms with van der Waals surface area (Å²) in [7, 11) is 0. The average Bonchev–Trinajstić information content (AvgIpc) is 3.61. The van der Waals surface area contributed by atoms with E-state index in [-0.39, 0.29) is 35.5 Å². The van der Waals surface area contributed by atoms with Gasteiger partial charge in [-0.15, -0.1) is 24.9 Å². The van der Waals surface area contributed by atoms with E-state index >= 15 is 0 Å². The van der Waals surface area contributed by atoms with E-state index in [1.54, 1.807) is 28.8 Å². The van der Waals surface area contributed by atoms with Crippen LogP contribution in [0.4, 0.5) is 5.69 Å². The van der Waals surface area contributed by atoms with E-state index in [2.05, 4.69) is 27.0 Å². The number of thioether (sulfide) groups is 1. The molecule has 9 heteroatoms. The molecule has 242 valence electrons. The van der Waals surface area contributed by atoms with Gasteiger partial charge in [-0.1, -0.05) is 45.3 Å². The van der Waals surface area contributed by atoms with Gasteiger partial charge in [-0.3, -0.25) is 14.4 Å². The van der Waals surface area contributed by atoms with Crippen molar-refractivity contribution in [3.63, 3.8) is 0 Å². The van der Waals surface area contributed by atoms with Gasteiger partial charge in [0.05, 0.1) is 23.2 Å². The van der Waals surface area contributed by atoms with Gasteiger partial charge in [0.25, 0.3) is 0 Å². The number of amides is 3. The second kappa shape index (κ2) is 15.5. The fraction of sp³-hybridized carbons (Fsp3) is 0.629. The number of hydrogen-bond acceptors (Lipinski definition) is 6. The average molecular weight is 626 g/mol. The second-order valence-corrected chi connectivity index (χ2v) is 13.9. The lowest BCUT2D eigenvalue weighted by atomic mass is 9.65. The van der Waals surface area contributed by atoms with E-state index in [1.807, 2.05) is 41.0 Å². The fourth-order valence-electron chi connectivity index (χ4n) is 7.56. The van der Waals surface area contributed by atoms with Crippen LogP contribution in [0.2, 0.25) is 0 Å². The summed E-state index contributed by atoms with van der Waals surface area (Å²) >= 11 is 1.72. The van der Waals surface area contributed by atoms with E-state index in [0.717, 1.165) is 56.4 Å². The molecule has 8 nitrogen and oxygen atoms in total. The molecule has 1 N–H and O–H groups in total. The molecule has 4 rings (SSSR count). The van der Waals surface area contributed by atoms with Crippen LogP contribution in [0.25, 0.3) is 0 Å². The molecule has 1 spiro atoms. The van der Waals surface area contributed by atoms with Gasteiger partial charge in [0.1, 0.15) is 11.8 Å². The van der Waals surface area contributed by atoms with E-state index in [0.29, 0.717) is 32.8 Å². The van der Waals surface area contributed by atoms with Gasteiger partial charge in [-0.2, -0.15) is 0 Å². The first kappa shape index (κ1) is 34.1. The van der Waals surface area contributed by atoms with Gasteiger partial charge in [-0.25, -0.2) is 0 Å². The monoisotopic (exact) mass is 625 g/mol. The number of nitrogens with zero attached hydrogens (tertiary/aromatic N) is 3. The molecule has 44 heavy (non-hydrogen) atoms. The number of anilines is 1. The van der Waals surface area contributed by atoms with Crippen LogP contribution in [0.5, 0.6) is 5.75 Å². The number of rotatable bonds is 18. The Balaban J connectivity index is 1.71. The number of likely N-dealkylation sites (tertiary alicyclic amines) is 1. The van der Waals surface area contributed by atoms with Crippen molar-refractivity contribution in [2.75, 3.05) is 44.3 Å². The highest BCUT2D eigenvalue weighted by atomic mass is 32.2. The molecule has 0 saturated carbocycles. The Kier molecular flexibility index (Phi) is 12.0. The Morgan fingerprint density at radius 2 is 1.77 bits per heavy atom. The van der Waals surface area contributed by atoms with Crippen molar-refractivity contribution >= 4 is 35.2 Å². The number of unbranched alkanes of at least 4 members (excludes halogenated alkanes) is 4. The smallest absolute Gasteiger partial charge is 0.247 e. The Morgan fingerprint density at radius 3 is 2.41 bits per heavy atom. The molecule has 6 atom stereocenters. The lowest BCUT2D eigenvalue weighted by Gasteiger charge is -2.41. The number of aliphatic hydroxyl groups is 1. The molecule has 1 aromatic carbocycles. The third-order valence-electron chi connectivity index (χ3n) is 9.55. The number of carbonyl (C=O) groups is 3. The number of aliphatic hydroxyl groups excluding tert-OH is 1. The molecule has 3 amide bonds. The molecule has 3 aliphatic heterocycles. The summed E-state index contributed by atoms with van der Waals surface area (Å²) in [5.41, 5.74) is 0.740. The van der Waals surface area contributed by atoms with Crippen molar-refractivity contribution in [1.82, 2.24) is 9.80 Å². The minimum absolute atomic E-state index is 0.0212. The third-order valence-corrected chi connectivity index (χ3v) is 11.6. The van der Waals surface area contributed by atoms with Crippen LogP contribution in [-0.2, 0) is 14.4 Å². The molecule has 3 fully saturated rings. The maximum atomic E-state index is 14.6. The minimum Gasteiger partial charge on any atom is -0.494 e. The molecular weight excluding hydrogens is 574 g/mol. The number of carbonyl (C=O) groups excluding carboxylic acids is 3. The standard InChI is InChI=1S/C35H51N3O5S/c1-6-10-21-36(19-7-2)34(42)31-35-25(5)24-28(44-35)29(30(35)33(41)38(31)22-13-11-12-14-23-39)32(40)37(20-8-3)26-15-17-27(18-16-26)43-9-4/h7-8,15-18,25,28-31,39H,2-3,6,9-14,19-24H2,1,4-5H3/t25?,28-,29+,30-,31?,35?/m0/s1. The molecule has 0 radical (unpaired) electrons. The van der Waals surface area contributed by atoms with Gasteiger partial charge in [-0.05, 0) is 62.8 Å². The van der Waals surface area contributed by atoms with Crippen LogP contribution in [-0.4, -0.2) is 88.1 Å². The summed E-state index contributed by atoms with van der Waals surface area (Å²) < 4.78 is 4.95. The molecule has 3 saturated heterocycles. The summed E-state index contributed by atoms with van der Waals surface area (Å²) in [4.78, 5) is 49.1. The highest BCUT2D eigenvalue weighted by molar-refractivity contribution is 8.02. The van der Waals surface area contributed by atoms with Crippen molar-refractivity contribution in [3.05, 3.63) is 49.6 Å². The highest BCUT2D eigenvalue weighted by Gasteiger charge is 2.76. The van der Waals surface area contributed by atoms with Crippen LogP contribution >= 0.6 is 11.8 Å². The summed E-state index contributed by atoms with van der Waals surface area (Å²) in [6.07, 6.45) is 9.33. The molecular formula is C35H51N3O5S. The van der Waals surface area contributed by atoms with Crippen molar-refractivity contribution in [2.24, 2.45) is 17.8 Å². The van der Waals surface area contributed by atoms with Crippen molar-refractivity contribution in [2.45, 2.75) is 81.8 Å². The summed E-state index contributed by atoms with van der Waals surface area (Å²) in [5.74, 6) is -0.403. The molecule has 0 aromatic heterocycles. The van der Waals surface area contributed by atoms with Gasteiger partial charge < -0.3 is 24.5 Å². The van der Waals surface area contributed by atoms with Crippen molar-refractivity contribution < 1.29 is 24.2 Å². The van der Waals surface area contributed by atoms with Crippen LogP contribution in [0.1, 0.15) is 65.7 Å². The maximum absolute atomic E-state index is 14.6. The quantitative estimate of drug-likeness (QED) is 0.176. The van der Waals surface area contributed by atoms with E-state index in [9.17, 15) is 19.5 Å². The second-order valence-electron chi connectivity index (χ2n) is 12.3. The van der Waals surface area contributed by atoms with E-state index < -0.39 is 22.6 Å². The maximum Gasteiger partial charge on any atom is 0.247 e. The molecule has 3 aliphatic rings. The van der Waals surface area contributed by atoms with Gasteiger partial charge >= 0.3 is 0 Å². The number of benzene rings is 1. The van der Waals surface area contributed by atoms with Gasteiger partial charge in [0, 0.05) is 43.7 Å². The Labute approximate surface area is 267 Å². The summed E-state index contributed by atoms with van der Waals surface area (Å²) in [5, 5.41) is 9.20. The van der Waals surface area contributed by atoms with Crippen LogP contribution in [0, 0.1) is 17.8 Å². The zero-order valence-corrected chi connectivity index (χ0v) is 27.6. The zero-order valence-electron chi connectivity index (χ0n) is 26.8. The molecule has 3 unspecified atom stereocenters. The van der Waals surface area contributed by atoms with Crippen LogP contribution < -0.4 is 9.64 Å². The summed E-state index contributed by atoms with van der Waals surface area (Å²) in [6.45, 7) is 16.6. The van der Waals surface area contributed by atoms with Gasteiger partial charge in [0.15, 0.2) is 0 Å². The Morgan fingerprint density at radius 1 is 1.07 bits per heavy atom. The fourth-order valence-corrected chi connectivity index (χ4v) is 9.97. The number of hydrogen-bond donors (Lipinski definition) is 1. The predicted octanol–water partition coefficient (Wildman–Crippen LogP) is 5.31. The van der Waals surface area contributed by atoms with Crippen LogP contribution in [0.3, 0.4) is 0 Å².